The van der Waals surface area contributed by atoms with Gasteiger partial charge in [-0.1, -0.05) is 6.07 Å². The van der Waals surface area contributed by atoms with Crippen molar-refractivity contribution in [3.8, 4) is 11.5 Å². The van der Waals surface area contributed by atoms with E-state index >= 15 is 0 Å². The van der Waals surface area contributed by atoms with Crippen LogP contribution in [0.3, 0.4) is 0 Å². The van der Waals surface area contributed by atoms with Crippen LogP contribution in [0.25, 0.3) is 0 Å². The number of carbonyl (C=O) groups excluding carboxylic acids is 1. The number of hydrogen-bond acceptors (Lipinski definition) is 3. The van der Waals surface area contributed by atoms with Crippen molar-refractivity contribution in [1.29, 1.82) is 0 Å². The summed E-state index contributed by atoms with van der Waals surface area (Å²) in [5.74, 6) is -1.24. The molecule has 0 unspecified atom stereocenters. The quantitative estimate of drug-likeness (QED) is 0.945. The largest absolute Gasteiger partial charge is 0.454 e. The van der Waals surface area contributed by atoms with Crippen LogP contribution in [-0.4, -0.2) is 12.7 Å². The van der Waals surface area contributed by atoms with E-state index in [1.54, 1.807) is 18.2 Å². The molecule has 21 heavy (non-hydrogen) atoms. The number of ether oxygens (including phenoxy) is 2. The molecular weight excluding hydrogens is 280 g/mol. The zero-order chi connectivity index (χ0) is 14.8. The second-order valence-corrected chi connectivity index (χ2v) is 4.50. The molecule has 0 radical (unpaired) electrons. The molecule has 0 aliphatic carbocycles. The van der Waals surface area contributed by atoms with Gasteiger partial charge in [0, 0.05) is 12.1 Å². The minimum Gasteiger partial charge on any atom is -0.454 e. The molecule has 1 aliphatic rings. The first-order valence-corrected chi connectivity index (χ1v) is 6.25. The van der Waals surface area contributed by atoms with E-state index in [1.807, 2.05) is 0 Å². The summed E-state index contributed by atoms with van der Waals surface area (Å²) < 4.78 is 36.3. The van der Waals surface area contributed by atoms with Crippen LogP contribution in [-0.2, 0) is 6.54 Å². The summed E-state index contributed by atoms with van der Waals surface area (Å²) in [5.41, 5.74) is 0.879. The lowest BCUT2D eigenvalue weighted by molar-refractivity contribution is 0.0950. The fourth-order valence-corrected chi connectivity index (χ4v) is 1.97. The maximum Gasteiger partial charge on any atom is 0.251 e. The second-order valence-electron chi connectivity index (χ2n) is 4.50. The van der Waals surface area contributed by atoms with Crippen molar-refractivity contribution in [3.63, 3.8) is 0 Å². The van der Waals surface area contributed by atoms with E-state index in [1.165, 1.54) is 6.07 Å². The van der Waals surface area contributed by atoms with Gasteiger partial charge in [-0.05, 0) is 35.9 Å². The summed E-state index contributed by atoms with van der Waals surface area (Å²) in [6, 6.07) is 8.32. The van der Waals surface area contributed by atoms with E-state index in [-0.39, 0.29) is 18.9 Å². The van der Waals surface area contributed by atoms with Gasteiger partial charge in [-0.25, -0.2) is 8.78 Å². The first-order chi connectivity index (χ1) is 10.1. The lowest BCUT2D eigenvalue weighted by Gasteiger charge is -2.06. The third-order valence-electron chi connectivity index (χ3n) is 3.07. The molecule has 0 saturated heterocycles. The lowest BCUT2D eigenvalue weighted by Crippen LogP contribution is -2.22. The van der Waals surface area contributed by atoms with Gasteiger partial charge >= 0.3 is 0 Å². The Bertz CT molecular complexity index is 703. The van der Waals surface area contributed by atoms with Crippen molar-refractivity contribution in [2.75, 3.05) is 6.79 Å². The summed E-state index contributed by atoms with van der Waals surface area (Å²) in [7, 11) is 0. The third kappa shape index (κ3) is 2.79. The fraction of sp³-hybridized carbons (Fsp3) is 0.133. The molecule has 6 heteroatoms. The molecule has 1 aliphatic heterocycles. The van der Waals surface area contributed by atoms with Gasteiger partial charge in [0.25, 0.3) is 5.91 Å². The molecule has 0 fully saturated rings. The van der Waals surface area contributed by atoms with Gasteiger partial charge in [0.05, 0.1) is 0 Å². The van der Waals surface area contributed by atoms with E-state index in [4.69, 9.17) is 9.47 Å². The molecule has 108 valence electrons. The number of halogens is 2. The van der Waals surface area contributed by atoms with E-state index in [9.17, 15) is 13.6 Å². The predicted molar refractivity (Wildman–Crippen MR) is 70.1 cm³/mol. The van der Waals surface area contributed by atoms with Gasteiger partial charge in [-0.15, -0.1) is 0 Å². The Kier molecular flexibility index (Phi) is 3.43. The average Bonchev–Trinajstić information content (AvgIpc) is 2.95. The second kappa shape index (κ2) is 5.40. The smallest absolute Gasteiger partial charge is 0.251 e. The van der Waals surface area contributed by atoms with Crippen LogP contribution in [0, 0.1) is 11.6 Å². The van der Waals surface area contributed by atoms with Crippen LogP contribution >= 0.6 is 0 Å². The van der Waals surface area contributed by atoms with Gasteiger partial charge in [0.15, 0.2) is 23.1 Å². The highest BCUT2D eigenvalue weighted by Gasteiger charge is 2.14. The number of fused-ring (bicyclic) bond motifs is 1. The van der Waals surface area contributed by atoms with Crippen LogP contribution in [0.15, 0.2) is 36.4 Å². The average molecular weight is 291 g/mol. The van der Waals surface area contributed by atoms with Crippen LogP contribution < -0.4 is 14.8 Å². The minimum absolute atomic E-state index is 0.0645. The third-order valence-corrected chi connectivity index (χ3v) is 3.07. The van der Waals surface area contributed by atoms with Crippen LogP contribution in [0.4, 0.5) is 8.78 Å². The van der Waals surface area contributed by atoms with Gasteiger partial charge in [0.2, 0.25) is 6.79 Å². The van der Waals surface area contributed by atoms with Crippen molar-refractivity contribution in [2.45, 2.75) is 6.54 Å². The minimum atomic E-state index is -1.05. The van der Waals surface area contributed by atoms with Crippen molar-refractivity contribution in [2.24, 2.45) is 0 Å². The van der Waals surface area contributed by atoms with Crippen molar-refractivity contribution >= 4 is 5.91 Å². The van der Waals surface area contributed by atoms with Gasteiger partial charge in [-0.3, -0.25) is 4.79 Å². The Morgan fingerprint density at radius 1 is 1.05 bits per heavy atom. The first-order valence-electron chi connectivity index (χ1n) is 6.25. The van der Waals surface area contributed by atoms with Crippen LogP contribution in [0.5, 0.6) is 11.5 Å². The highest BCUT2D eigenvalue weighted by atomic mass is 19.2. The summed E-state index contributed by atoms with van der Waals surface area (Å²) in [6.07, 6.45) is 0. The Labute approximate surface area is 119 Å². The number of rotatable bonds is 3. The molecule has 0 bridgehead atoms. The maximum absolute atomic E-state index is 13.1. The molecule has 4 nitrogen and oxygen atoms in total. The molecule has 1 amide bonds. The molecule has 2 aromatic carbocycles. The van der Waals surface area contributed by atoms with Gasteiger partial charge in [-0.2, -0.15) is 0 Å². The number of benzene rings is 2. The molecule has 0 saturated carbocycles. The number of nitrogens with one attached hydrogen (secondary N) is 1. The molecular formula is C15H11F2NO3. The van der Waals surface area contributed by atoms with E-state index < -0.39 is 17.5 Å². The first kappa shape index (κ1) is 13.4. The predicted octanol–water partition coefficient (Wildman–Crippen LogP) is 2.62. The Morgan fingerprint density at radius 2 is 1.86 bits per heavy atom. The molecule has 3 rings (SSSR count). The summed E-state index contributed by atoms with van der Waals surface area (Å²) in [5, 5.41) is 2.63. The number of hydrogen-bond donors (Lipinski definition) is 1. The fourth-order valence-electron chi connectivity index (χ4n) is 1.97. The zero-order valence-electron chi connectivity index (χ0n) is 10.9. The normalized spacial score (nSPS) is 12.3. The lowest BCUT2D eigenvalue weighted by atomic mass is 10.1. The van der Waals surface area contributed by atoms with E-state index in [0.717, 1.165) is 17.7 Å². The van der Waals surface area contributed by atoms with Crippen LogP contribution in [0.2, 0.25) is 0 Å². The van der Waals surface area contributed by atoms with Gasteiger partial charge in [0.1, 0.15) is 0 Å². The summed E-state index contributed by atoms with van der Waals surface area (Å²) in [6.45, 7) is 0.425. The Morgan fingerprint density at radius 3 is 2.67 bits per heavy atom. The Hall–Kier alpha value is -2.63. The SMILES string of the molecule is O=C(NCc1ccc2c(c1)OCO2)c1ccc(F)c(F)c1. The highest BCUT2D eigenvalue weighted by molar-refractivity contribution is 5.94. The van der Waals surface area contributed by atoms with Crippen LogP contribution in [0.1, 0.15) is 15.9 Å². The Balaban J connectivity index is 1.67. The topological polar surface area (TPSA) is 47.6 Å². The summed E-state index contributed by atoms with van der Waals surface area (Å²) >= 11 is 0. The highest BCUT2D eigenvalue weighted by Crippen LogP contribution is 2.32. The van der Waals surface area contributed by atoms with Gasteiger partial charge < -0.3 is 14.8 Å². The molecule has 2 aromatic rings. The monoisotopic (exact) mass is 291 g/mol. The van der Waals surface area contributed by atoms with E-state index in [0.29, 0.717) is 11.5 Å². The number of carbonyl (C=O) groups is 1. The molecule has 0 spiro atoms. The van der Waals surface area contributed by atoms with E-state index in [2.05, 4.69) is 5.32 Å². The molecule has 0 aromatic heterocycles. The van der Waals surface area contributed by atoms with Crippen molar-refractivity contribution in [1.82, 2.24) is 5.32 Å². The van der Waals surface area contributed by atoms with Crippen molar-refractivity contribution < 1.29 is 23.0 Å². The molecule has 1 N–H and O–H groups in total. The maximum atomic E-state index is 13.1. The number of amides is 1. The molecule has 0 atom stereocenters. The standard InChI is InChI=1S/C15H11F2NO3/c16-11-3-2-10(6-12(11)17)15(19)18-7-9-1-4-13-14(5-9)21-8-20-13/h1-6H,7-8H2,(H,18,19). The van der Waals surface area contributed by atoms with Crippen molar-refractivity contribution in [3.05, 3.63) is 59.2 Å². The summed E-state index contributed by atoms with van der Waals surface area (Å²) in [4.78, 5) is 11.9. The zero-order valence-corrected chi connectivity index (χ0v) is 10.9. The molecule has 1 heterocycles.